The molecule has 3 rings (SSSR count). The van der Waals surface area contributed by atoms with Crippen LogP contribution in [0, 0.1) is 5.92 Å². The lowest BCUT2D eigenvalue weighted by Gasteiger charge is -2.22. The summed E-state index contributed by atoms with van der Waals surface area (Å²) in [6, 6.07) is 13.0. The highest BCUT2D eigenvalue weighted by Gasteiger charge is 2.20. The number of hydrogen-bond donors (Lipinski definition) is 2. The summed E-state index contributed by atoms with van der Waals surface area (Å²) in [6.45, 7) is 2.47. The van der Waals surface area contributed by atoms with Crippen LogP contribution in [0.3, 0.4) is 0 Å². The third-order valence-electron chi connectivity index (χ3n) is 4.06. The van der Waals surface area contributed by atoms with Gasteiger partial charge in [-0.1, -0.05) is 36.4 Å². The van der Waals surface area contributed by atoms with Crippen molar-refractivity contribution in [1.29, 1.82) is 0 Å². The molecule has 4 nitrogen and oxygen atoms in total. The molecule has 1 saturated heterocycles. The molecule has 0 aromatic heterocycles. The van der Waals surface area contributed by atoms with Gasteiger partial charge in [-0.15, -0.1) is 0 Å². The Morgan fingerprint density at radius 2 is 1.76 bits per heavy atom. The number of benzene rings is 2. The van der Waals surface area contributed by atoms with E-state index < -0.39 is 10.0 Å². The van der Waals surface area contributed by atoms with Gasteiger partial charge in [-0.2, -0.15) is 0 Å². The van der Waals surface area contributed by atoms with E-state index in [1.54, 1.807) is 12.1 Å². The van der Waals surface area contributed by atoms with E-state index in [4.69, 9.17) is 0 Å². The van der Waals surface area contributed by atoms with Crippen LogP contribution in [-0.4, -0.2) is 28.1 Å². The van der Waals surface area contributed by atoms with E-state index in [1.165, 1.54) is 0 Å². The molecule has 112 valence electrons. The molecule has 0 aliphatic carbocycles. The van der Waals surface area contributed by atoms with Gasteiger partial charge in [-0.25, -0.2) is 13.1 Å². The van der Waals surface area contributed by atoms with Gasteiger partial charge in [0.2, 0.25) is 10.0 Å². The van der Waals surface area contributed by atoms with Crippen molar-refractivity contribution in [3.8, 4) is 0 Å². The summed E-state index contributed by atoms with van der Waals surface area (Å²) in [5.74, 6) is 0.427. The fraction of sp³-hybridized carbons (Fsp3) is 0.375. The van der Waals surface area contributed by atoms with E-state index in [2.05, 4.69) is 10.0 Å². The van der Waals surface area contributed by atoms with Gasteiger partial charge in [0.05, 0.1) is 4.90 Å². The smallest absolute Gasteiger partial charge is 0.241 e. The highest BCUT2D eigenvalue weighted by atomic mass is 32.2. The zero-order valence-electron chi connectivity index (χ0n) is 11.9. The molecular weight excluding hydrogens is 284 g/mol. The van der Waals surface area contributed by atoms with Crippen LogP contribution < -0.4 is 10.0 Å². The number of piperidine rings is 1. The minimum Gasteiger partial charge on any atom is -0.317 e. The molecule has 0 atom stereocenters. The maximum Gasteiger partial charge on any atom is 0.241 e. The van der Waals surface area contributed by atoms with Crippen molar-refractivity contribution in [2.24, 2.45) is 5.92 Å². The molecule has 0 spiro atoms. The Labute approximate surface area is 125 Å². The molecule has 0 unspecified atom stereocenters. The van der Waals surface area contributed by atoms with Crippen LogP contribution in [0.2, 0.25) is 0 Å². The van der Waals surface area contributed by atoms with Crippen molar-refractivity contribution in [1.82, 2.24) is 10.0 Å². The molecule has 2 aromatic carbocycles. The Balaban J connectivity index is 1.83. The van der Waals surface area contributed by atoms with E-state index >= 15 is 0 Å². The van der Waals surface area contributed by atoms with Gasteiger partial charge in [0.1, 0.15) is 0 Å². The Hall–Kier alpha value is -1.43. The Bertz CT molecular complexity index is 717. The second-order valence-electron chi connectivity index (χ2n) is 5.52. The van der Waals surface area contributed by atoms with Crippen molar-refractivity contribution >= 4 is 20.8 Å². The molecule has 2 N–H and O–H groups in total. The third-order valence-corrected chi connectivity index (χ3v) is 5.54. The minimum absolute atomic E-state index is 0.370. The highest BCUT2D eigenvalue weighted by Crippen LogP contribution is 2.23. The minimum atomic E-state index is -3.46. The van der Waals surface area contributed by atoms with Gasteiger partial charge in [0.15, 0.2) is 0 Å². The van der Waals surface area contributed by atoms with Crippen LogP contribution in [0.25, 0.3) is 10.8 Å². The lowest BCUT2D eigenvalue weighted by molar-refractivity contribution is 0.372. The van der Waals surface area contributed by atoms with Crippen molar-refractivity contribution in [2.45, 2.75) is 17.7 Å². The lowest BCUT2D eigenvalue weighted by atomic mass is 9.99. The predicted molar refractivity (Wildman–Crippen MR) is 84.7 cm³/mol. The van der Waals surface area contributed by atoms with E-state index in [-0.39, 0.29) is 0 Å². The van der Waals surface area contributed by atoms with Crippen LogP contribution in [0.1, 0.15) is 12.8 Å². The second kappa shape index (κ2) is 6.13. The Kier molecular flexibility index (Phi) is 4.24. The summed E-state index contributed by atoms with van der Waals surface area (Å²) >= 11 is 0. The first kappa shape index (κ1) is 14.5. The van der Waals surface area contributed by atoms with Crippen LogP contribution in [0.5, 0.6) is 0 Å². The number of hydrogen-bond acceptors (Lipinski definition) is 3. The van der Waals surface area contributed by atoms with Gasteiger partial charge in [0, 0.05) is 11.9 Å². The molecule has 2 aromatic rings. The number of nitrogens with one attached hydrogen (secondary N) is 2. The lowest BCUT2D eigenvalue weighted by Crippen LogP contribution is -2.36. The zero-order chi connectivity index (χ0) is 14.7. The monoisotopic (exact) mass is 304 g/mol. The predicted octanol–water partition coefficient (Wildman–Crippen LogP) is 2.12. The Morgan fingerprint density at radius 1 is 1.05 bits per heavy atom. The second-order valence-corrected chi connectivity index (χ2v) is 7.26. The maximum atomic E-state index is 12.6. The first-order chi connectivity index (χ1) is 10.2. The molecular formula is C16H20N2O2S. The van der Waals surface area contributed by atoms with Gasteiger partial charge >= 0.3 is 0 Å². The highest BCUT2D eigenvalue weighted by molar-refractivity contribution is 7.89. The van der Waals surface area contributed by atoms with E-state index in [9.17, 15) is 8.42 Å². The fourth-order valence-electron chi connectivity index (χ4n) is 2.82. The summed E-state index contributed by atoms with van der Waals surface area (Å²) < 4.78 is 27.9. The maximum absolute atomic E-state index is 12.6. The first-order valence-corrected chi connectivity index (χ1v) is 8.83. The van der Waals surface area contributed by atoms with Crippen LogP contribution in [0.4, 0.5) is 0 Å². The van der Waals surface area contributed by atoms with Crippen molar-refractivity contribution in [2.75, 3.05) is 19.6 Å². The first-order valence-electron chi connectivity index (χ1n) is 7.35. The fourth-order valence-corrected chi connectivity index (χ4v) is 4.16. The molecule has 5 heteroatoms. The molecule has 1 aliphatic rings. The van der Waals surface area contributed by atoms with Gasteiger partial charge in [-0.3, -0.25) is 0 Å². The van der Waals surface area contributed by atoms with Crippen molar-refractivity contribution in [3.63, 3.8) is 0 Å². The average Bonchev–Trinajstić information content (AvgIpc) is 2.53. The third kappa shape index (κ3) is 3.26. The van der Waals surface area contributed by atoms with Gasteiger partial charge in [-0.05, 0) is 43.3 Å². The van der Waals surface area contributed by atoms with Gasteiger partial charge < -0.3 is 5.32 Å². The van der Waals surface area contributed by atoms with E-state index in [0.29, 0.717) is 17.4 Å². The number of rotatable bonds is 4. The SMILES string of the molecule is O=S(=O)(NCC1CCNCC1)c1cccc2ccccc12. The van der Waals surface area contributed by atoms with E-state index in [1.807, 2.05) is 30.3 Å². The molecule has 0 bridgehead atoms. The molecule has 0 radical (unpaired) electrons. The van der Waals surface area contributed by atoms with Crippen molar-refractivity contribution < 1.29 is 8.42 Å². The van der Waals surface area contributed by atoms with E-state index in [0.717, 1.165) is 36.7 Å². The summed E-state index contributed by atoms with van der Waals surface area (Å²) in [5, 5.41) is 5.01. The number of fused-ring (bicyclic) bond motifs is 1. The summed E-state index contributed by atoms with van der Waals surface area (Å²) in [5.41, 5.74) is 0. The Morgan fingerprint density at radius 3 is 2.57 bits per heavy atom. The normalized spacial score (nSPS) is 17.1. The largest absolute Gasteiger partial charge is 0.317 e. The molecule has 0 saturated carbocycles. The van der Waals surface area contributed by atoms with Crippen LogP contribution in [0.15, 0.2) is 47.4 Å². The van der Waals surface area contributed by atoms with Crippen LogP contribution >= 0.6 is 0 Å². The molecule has 21 heavy (non-hydrogen) atoms. The zero-order valence-corrected chi connectivity index (χ0v) is 12.7. The van der Waals surface area contributed by atoms with Crippen molar-refractivity contribution in [3.05, 3.63) is 42.5 Å². The van der Waals surface area contributed by atoms with Gasteiger partial charge in [0.25, 0.3) is 0 Å². The van der Waals surface area contributed by atoms with Crippen LogP contribution in [-0.2, 0) is 10.0 Å². The molecule has 1 fully saturated rings. The average molecular weight is 304 g/mol. The summed E-state index contributed by atoms with van der Waals surface area (Å²) in [7, 11) is -3.46. The quantitative estimate of drug-likeness (QED) is 0.909. The molecule has 0 amide bonds. The molecule has 1 heterocycles. The standard InChI is InChI=1S/C16H20N2O2S/c19-21(20,18-12-13-8-10-17-11-9-13)16-7-3-5-14-4-1-2-6-15(14)16/h1-7,13,17-18H,8-12H2. The topological polar surface area (TPSA) is 58.2 Å². The summed E-state index contributed by atoms with van der Waals surface area (Å²) in [4.78, 5) is 0.370. The summed E-state index contributed by atoms with van der Waals surface area (Å²) in [6.07, 6.45) is 2.05. The number of sulfonamides is 1. The molecule has 1 aliphatic heterocycles.